The fraction of sp³-hybridized carbons (Fsp3) is 0.176. The van der Waals surface area contributed by atoms with Gasteiger partial charge in [0.25, 0.3) is 0 Å². The standard InChI is InChI=1S/C17H14N8O2/c1-9-7-12(22-26-9)15-17-19-16(18-8-13-10(2)21-27-23-13)11-5-3-4-6-14(11)25(17)24-20-15/h3-7H,8H2,1-2H3,(H,18,19). The molecule has 0 spiro atoms. The Morgan fingerprint density at radius 1 is 1.11 bits per heavy atom. The van der Waals surface area contributed by atoms with Gasteiger partial charge in [0.05, 0.1) is 12.1 Å². The van der Waals surface area contributed by atoms with Gasteiger partial charge in [-0.1, -0.05) is 32.8 Å². The first-order chi connectivity index (χ1) is 13.2. The Morgan fingerprint density at radius 3 is 2.78 bits per heavy atom. The summed E-state index contributed by atoms with van der Waals surface area (Å²) in [5, 5.41) is 24.5. The molecule has 0 fully saturated rings. The van der Waals surface area contributed by atoms with Crippen LogP contribution in [0.4, 0.5) is 5.82 Å². The van der Waals surface area contributed by atoms with Crippen LogP contribution in [0.2, 0.25) is 0 Å². The number of aryl methyl sites for hydroxylation is 2. The van der Waals surface area contributed by atoms with Crippen molar-refractivity contribution in [3.8, 4) is 11.4 Å². The van der Waals surface area contributed by atoms with Crippen LogP contribution < -0.4 is 5.32 Å². The minimum Gasteiger partial charge on any atom is -0.364 e. The van der Waals surface area contributed by atoms with E-state index < -0.39 is 0 Å². The summed E-state index contributed by atoms with van der Waals surface area (Å²) in [6.45, 7) is 4.10. The molecule has 1 aromatic carbocycles. The van der Waals surface area contributed by atoms with Crippen LogP contribution in [-0.4, -0.2) is 35.3 Å². The zero-order chi connectivity index (χ0) is 18.4. The molecular formula is C17H14N8O2. The van der Waals surface area contributed by atoms with E-state index in [0.29, 0.717) is 35.2 Å². The van der Waals surface area contributed by atoms with E-state index >= 15 is 0 Å². The molecule has 4 heterocycles. The number of nitrogens with one attached hydrogen (secondary N) is 1. The summed E-state index contributed by atoms with van der Waals surface area (Å²) < 4.78 is 11.6. The maximum Gasteiger partial charge on any atom is 0.188 e. The van der Waals surface area contributed by atoms with Crippen molar-refractivity contribution >= 4 is 22.4 Å². The highest BCUT2D eigenvalue weighted by molar-refractivity contribution is 5.92. The minimum absolute atomic E-state index is 0.433. The van der Waals surface area contributed by atoms with Gasteiger partial charge in [-0.15, -0.1) is 5.10 Å². The van der Waals surface area contributed by atoms with Gasteiger partial charge < -0.3 is 9.84 Å². The lowest BCUT2D eigenvalue weighted by molar-refractivity contribution is 0.301. The van der Waals surface area contributed by atoms with Gasteiger partial charge in [-0.2, -0.15) is 4.52 Å². The number of rotatable bonds is 4. The van der Waals surface area contributed by atoms with Gasteiger partial charge in [-0.05, 0) is 26.0 Å². The first-order valence-corrected chi connectivity index (χ1v) is 8.30. The molecule has 0 saturated carbocycles. The van der Waals surface area contributed by atoms with Crippen LogP contribution in [0, 0.1) is 13.8 Å². The second-order valence-electron chi connectivity index (χ2n) is 6.12. The summed E-state index contributed by atoms with van der Waals surface area (Å²) >= 11 is 0. The van der Waals surface area contributed by atoms with Gasteiger partial charge >= 0.3 is 0 Å². The van der Waals surface area contributed by atoms with Crippen molar-refractivity contribution in [1.29, 1.82) is 0 Å². The zero-order valence-corrected chi connectivity index (χ0v) is 14.5. The van der Waals surface area contributed by atoms with Gasteiger partial charge in [0.15, 0.2) is 11.3 Å². The molecule has 0 aliphatic rings. The number of nitrogens with zero attached hydrogens (tertiary/aromatic N) is 7. The molecule has 27 heavy (non-hydrogen) atoms. The lowest BCUT2D eigenvalue weighted by Gasteiger charge is -2.09. The lowest BCUT2D eigenvalue weighted by Crippen LogP contribution is -2.06. The first kappa shape index (κ1) is 15.4. The summed E-state index contributed by atoms with van der Waals surface area (Å²) in [4.78, 5) is 4.74. The predicted octanol–water partition coefficient (Wildman–Crippen LogP) is 2.54. The van der Waals surface area contributed by atoms with Gasteiger partial charge in [-0.3, -0.25) is 0 Å². The molecule has 0 aliphatic carbocycles. The topological polar surface area (TPSA) is 120 Å². The van der Waals surface area contributed by atoms with Gasteiger partial charge in [-0.25, -0.2) is 9.61 Å². The SMILES string of the molecule is Cc1cc(-c2nnn3c2nc(NCc2nonc2C)c2ccccc23)no1. The molecule has 134 valence electrons. The van der Waals surface area contributed by atoms with E-state index in [-0.39, 0.29) is 0 Å². The van der Waals surface area contributed by atoms with Crippen molar-refractivity contribution in [2.75, 3.05) is 5.32 Å². The Morgan fingerprint density at radius 2 is 2.00 bits per heavy atom. The average Bonchev–Trinajstić information content (AvgIpc) is 3.39. The highest BCUT2D eigenvalue weighted by Gasteiger charge is 2.18. The molecule has 0 radical (unpaired) electrons. The Balaban J connectivity index is 1.67. The van der Waals surface area contributed by atoms with E-state index in [2.05, 4.69) is 31.1 Å². The second kappa shape index (κ2) is 5.87. The van der Waals surface area contributed by atoms with E-state index in [4.69, 9.17) is 14.1 Å². The molecule has 5 aromatic rings. The quantitative estimate of drug-likeness (QED) is 0.514. The third-order valence-corrected chi connectivity index (χ3v) is 4.29. The third kappa shape index (κ3) is 2.49. The van der Waals surface area contributed by atoms with Crippen LogP contribution in [0.15, 0.2) is 39.5 Å². The van der Waals surface area contributed by atoms with Gasteiger partial charge in [0.1, 0.15) is 28.7 Å². The third-order valence-electron chi connectivity index (χ3n) is 4.29. The fourth-order valence-corrected chi connectivity index (χ4v) is 2.92. The Kier molecular flexibility index (Phi) is 3.35. The number of hydrogen-bond donors (Lipinski definition) is 1. The second-order valence-corrected chi connectivity index (χ2v) is 6.12. The van der Waals surface area contributed by atoms with Crippen LogP contribution in [0.25, 0.3) is 27.9 Å². The van der Waals surface area contributed by atoms with Gasteiger partial charge in [0.2, 0.25) is 0 Å². The van der Waals surface area contributed by atoms with Crippen molar-refractivity contribution in [3.63, 3.8) is 0 Å². The molecular weight excluding hydrogens is 348 g/mol. The minimum atomic E-state index is 0.433. The largest absolute Gasteiger partial charge is 0.364 e. The van der Waals surface area contributed by atoms with Crippen LogP contribution >= 0.6 is 0 Å². The molecule has 0 amide bonds. The van der Waals surface area contributed by atoms with Crippen LogP contribution in [0.5, 0.6) is 0 Å². The van der Waals surface area contributed by atoms with Crippen molar-refractivity contribution in [1.82, 2.24) is 35.3 Å². The summed E-state index contributed by atoms with van der Waals surface area (Å²) in [6, 6.07) is 9.63. The summed E-state index contributed by atoms with van der Waals surface area (Å²) in [5.74, 6) is 1.38. The smallest absolute Gasteiger partial charge is 0.188 e. The number of anilines is 1. The maximum absolute atomic E-state index is 5.17. The van der Waals surface area contributed by atoms with E-state index in [1.54, 1.807) is 10.6 Å². The van der Waals surface area contributed by atoms with E-state index in [1.165, 1.54) is 0 Å². The lowest BCUT2D eigenvalue weighted by atomic mass is 10.2. The van der Waals surface area contributed by atoms with Crippen LogP contribution in [-0.2, 0) is 6.54 Å². The van der Waals surface area contributed by atoms with Crippen molar-refractivity contribution in [2.45, 2.75) is 20.4 Å². The molecule has 0 aliphatic heterocycles. The molecule has 0 atom stereocenters. The van der Waals surface area contributed by atoms with Crippen molar-refractivity contribution < 1.29 is 9.15 Å². The van der Waals surface area contributed by atoms with Gasteiger partial charge in [0, 0.05) is 11.5 Å². The van der Waals surface area contributed by atoms with E-state index in [0.717, 1.165) is 22.3 Å². The maximum atomic E-state index is 5.17. The summed E-state index contributed by atoms with van der Waals surface area (Å²) in [6.07, 6.45) is 0. The Hall–Kier alpha value is -3.82. The predicted molar refractivity (Wildman–Crippen MR) is 94.9 cm³/mol. The zero-order valence-electron chi connectivity index (χ0n) is 14.5. The first-order valence-electron chi connectivity index (χ1n) is 8.30. The molecule has 10 heteroatoms. The molecule has 0 bridgehead atoms. The number of para-hydroxylation sites is 1. The summed E-state index contributed by atoms with van der Waals surface area (Å²) in [7, 11) is 0. The van der Waals surface area contributed by atoms with E-state index in [9.17, 15) is 0 Å². The monoisotopic (exact) mass is 362 g/mol. The highest BCUT2D eigenvalue weighted by Crippen LogP contribution is 2.28. The normalized spacial score (nSPS) is 11.5. The van der Waals surface area contributed by atoms with Crippen molar-refractivity contribution in [3.05, 3.63) is 47.5 Å². The fourth-order valence-electron chi connectivity index (χ4n) is 2.92. The molecule has 5 rings (SSSR count). The number of hydrogen-bond acceptors (Lipinski definition) is 9. The molecule has 10 nitrogen and oxygen atoms in total. The Labute approximate surface area is 152 Å². The van der Waals surface area contributed by atoms with E-state index in [1.807, 2.05) is 38.1 Å². The number of fused-ring (bicyclic) bond motifs is 3. The molecule has 4 aromatic heterocycles. The molecule has 0 saturated heterocycles. The number of aromatic nitrogens is 7. The van der Waals surface area contributed by atoms with Crippen LogP contribution in [0.3, 0.4) is 0 Å². The number of benzene rings is 1. The Bertz CT molecular complexity index is 1270. The molecule has 0 unspecified atom stereocenters. The summed E-state index contributed by atoms with van der Waals surface area (Å²) in [5.41, 5.74) is 4.06. The average molecular weight is 362 g/mol. The molecule has 1 N–H and O–H groups in total. The van der Waals surface area contributed by atoms with Crippen LogP contribution in [0.1, 0.15) is 17.1 Å². The van der Waals surface area contributed by atoms with Crippen molar-refractivity contribution in [2.24, 2.45) is 0 Å². The highest BCUT2D eigenvalue weighted by atomic mass is 16.6.